The number of aromatic amines is 1. The molecule has 6 aliphatic heterocycles. The number of carboxylic acids is 1. The summed E-state index contributed by atoms with van der Waals surface area (Å²) in [5.74, 6) is 0.158. The smallest absolute Gasteiger partial charge is 0.303 e. The van der Waals surface area contributed by atoms with Gasteiger partial charge in [-0.05, 0) is 84.9 Å². The molecule has 6 N–H and O–H groups in total. The summed E-state index contributed by atoms with van der Waals surface area (Å²) in [4.78, 5) is 27.9. The van der Waals surface area contributed by atoms with Crippen molar-refractivity contribution in [3.8, 4) is 0 Å². The van der Waals surface area contributed by atoms with Gasteiger partial charge in [-0.15, -0.1) is 0 Å². The highest BCUT2D eigenvalue weighted by molar-refractivity contribution is 7.86. The van der Waals surface area contributed by atoms with E-state index in [-0.39, 0.29) is 48.4 Å². The lowest BCUT2D eigenvalue weighted by atomic mass is 9.91. The van der Waals surface area contributed by atoms with E-state index < -0.39 is 11.8 Å². The van der Waals surface area contributed by atoms with Crippen LogP contribution >= 0.6 is 0 Å². The number of allylic oxidation sites excluding steroid dienone is 3. The number of H-pyrrole nitrogens is 1. The number of carbonyl (C=O) groups is 2. The van der Waals surface area contributed by atoms with E-state index in [1.165, 1.54) is 11.8 Å². The van der Waals surface area contributed by atoms with Crippen molar-refractivity contribution in [2.45, 2.75) is 82.3 Å². The van der Waals surface area contributed by atoms with Gasteiger partial charge in [-0.25, -0.2) is 0 Å². The van der Waals surface area contributed by atoms with E-state index in [9.17, 15) is 19.8 Å². The Balaban J connectivity index is 1.21. The van der Waals surface area contributed by atoms with E-state index in [0.29, 0.717) is 23.7 Å². The first-order valence-corrected chi connectivity index (χ1v) is 16.8. The summed E-state index contributed by atoms with van der Waals surface area (Å²) >= 11 is 1.40. The van der Waals surface area contributed by atoms with Crippen LogP contribution in [0.1, 0.15) is 62.0 Å². The molecule has 0 saturated carbocycles. The number of hydrogen-bond donors (Lipinski definition) is 6. The molecular formula is C34H41N4O6S+. The zero-order valence-corrected chi connectivity index (χ0v) is 26.7. The predicted molar refractivity (Wildman–Crippen MR) is 174 cm³/mol. The third kappa shape index (κ3) is 5.44. The summed E-state index contributed by atoms with van der Waals surface area (Å²) in [6.07, 6.45) is 8.24. The van der Waals surface area contributed by atoms with Crippen molar-refractivity contribution in [1.29, 1.82) is 0 Å². The number of thiol groups is 1. The number of aliphatic carboxylic acids is 1. The lowest BCUT2D eigenvalue weighted by molar-refractivity contribution is -0.137. The Labute approximate surface area is 266 Å². The highest BCUT2D eigenvalue weighted by Crippen LogP contribution is 2.59. The van der Waals surface area contributed by atoms with Gasteiger partial charge in [0.05, 0.1) is 12.0 Å². The zero-order chi connectivity index (χ0) is 31.8. The van der Waals surface area contributed by atoms with Crippen molar-refractivity contribution < 1.29 is 29.3 Å². The van der Waals surface area contributed by atoms with Crippen LogP contribution in [0.5, 0.6) is 0 Å². The molecule has 0 bridgehead atoms. The van der Waals surface area contributed by atoms with Crippen molar-refractivity contribution in [3.05, 3.63) is 81.3 Å². The first-order chi connectivity index (χ1) is 21.5. The van der Waals surface area contributed by atoms with Crippen LogP contribution in [0.2, 0.25) is 0 Å². The molecule has 0 aliphatic carbocycles. The van der Waals surface area contributed by atoms with Crippen molar-refractivity contribution in [2.75, 3.05) is 5.75 Å². The Kier molecular flexibility index (Phi) is 7.33. The van der Waals surface area contributed by atoms with E-state index in [0.717, 1.165) is 69.2 Å². The average molecular weight is 634 g/mol. The Hall–Kier alpha value is -3.67. The SMILES string of the molecule is C=CC1=C(O)N[C@H](CC2N/C(=C\c3[nH]c(/C=C4\NC(=O)[C@H](C)[C@H]4[C@H]4C[SH+]4)c(C)c3CCC34OC3O4)C(CCC(=O)O)=C2C)C1=C. The summed E-state index contributed by atoms with van der Waals surface area (Å²) in [6, 6.07) is -0.264. The Morgan fingerprint density at radius 1 is 1.16 bits per heavy atom. The van der Waals surface area contributed by atoms with Crippen molar-refractivity contribution in [3.63, 3.8) is 0 Å². The monoisotopic (exact) mass is 633 g/mol. The third-order valence-electron chi connectivity index (χ3n) is 10.3. The molecule has 0 radical (unpaired) electrons. The molecule has 0 spiro atoms. The number of carboxylic acid groups (broad SMARTS) is 1. The van der Waals surface area contributed by atoms with Gasteiger partial charge in [-0.2, -0.15) is 0 Å². The molecule has 6 aliphatic rings. The van der Waals surface area contributed by atoms with Gasteiger partial charge >= 0.3 is 5.97 Å². The summed E-state index contributed by atoms with van der Waals surface area (Å²) in [7, 11) is 0. The molecule has 1 amide bonds. The second-order valence-corrected chi connectivity index (χ2v) is 14.4. The quantitative estimate of drug-likeness (QED) is 0.116. The molecule has 10 nitrogen and oxygen atoms in total. The van der Waals surface area contributed by atoms with E-state index in [2.05, 4.69) is 53.2 Å². The minimum atomic E-state index is -0.848. The molecule has 45 heavy (non-hydrogen) atoms. The topological polar surface area (TPSA) is 152 Å². The Bertz CT molecular complexity index is 1640. The summed E-state index contributed by atoms with van der Waals surface area (Å²) in [5.41, 5.74) is 9.45. The maximum Gasteiger partial charge on any atom is 0.303 e. The Morgan fingerprint density at radius 3 is 2.51 bits per heavy atom. The molecular weight excluding hydrogens is 592 g/mol. The number of fused-ring (bicyclic) bond motifs is 1. The van der Waals surface area contributed by atoms with Gasteiger partial charge in [0.15, 0.2) is 16.9 Å². The van der Waals surface area contributed by atoms with E-state index in [1.54, 1.807) is 6.08 Å². The maximum absolute atomic E-state index is 12.6. The van der Waals surface area contributed by atoms with Gasteiger partial charge in [0.25, 0.3) is 0 Å². The molecule has 1 unspecified atom stereocenters. The lowest BCUT2D eigenvalue weighted by Crippen LogP contribution is -2.34. The summed E-state index contributed by atoms with van der Waals surface area (Å²) in [5, 5.41) is 30.3. The fraction of sp³-hybridized carbons (Fsp3) is 0.471. The molecule has 1 aromatic rings. The summed E-state index contributed by atoms with van der Waals surface area (Å²) in [6.45, 7) is 14.1. The van der Waals surface area contributed by atoms with Crippen LogP contribution in [0.15, 0.2) is 58.8 Å². The van der Waals surface area contributed by atoms with Gasteiger partial charge in [0.1, 0.15) is 0 Å². The number of nitrogens with one attached hydrogen (secondary N) is 4. The fourth-order valence-corrected chi connectivity index (χ4v) is 8.20. The molecule has 7 rings (SSSR count). The normalized spacial score (nSPS) is 34.7. The molecule has 7 heterocycles. The molecule has 4 saturated heterocycles. The van der Waals surface area contributed by atoms with Crippen molar-refractivity contribution in [1.82, 2.24) is 20.9 Å². The van der Waals surface area contributed by atoms with Crippen LogP contribution < -0.4 is 16.0 Å². The van der Waals surface area contributed by atoms with Gasteiger partial charge in [-0.1, -0.05) is 26.2 Å². The number of aliphatic hydroxyl groups excluding tert-OH is 1. The highest BCUT2D eigenvalue weighted by atomic mass is 32.2. The molecule has 238 valence electrons. The molecule has 5 atom stereocenters. The number of ether oxygens (including phenoxy) is 2. The lowest BCUT2D eigenvalue weighted by Gasteiger charge is -2.20. The first kappa shape index (κ1) is 30.0. The minimum Gasteiger partial charge on any atom is -0.494 e. The Morgan fingerprint density at radius 2 is 1.89 bits per heavy atom. The number of carbonyl (C=O) groups excluding carboxylic acids is 1. The average Bonchev–Trinajstić information content (AvgIpc) is 3.91. The molecule has 4 fully saturated rings. The molecule has 11 heteroatoms. The van der Waals surface area contributed by atoms with Crippen molar-refractivity contribution in [2.24, 2.45) is 11.8 Å². The largest absolute Gasteiger partial charge is 0.494 e. The third-order valence-corrected chi connectivity index (χ3v) is 11.4. The second kappa shape index (κ2) is 11.0. The highest BCUT2D eigenvalue weighted by Gasteiger charge is 2.76. The van der Waals surface area contributed by atoms with E-state index in [1.807, 2.05) is 13.8 Å². The van der Waals surface area contributed by atoms with Crippen molar-refractivity contribution >= 4 is 35.8 Å². The number of amides is 1. The van der Waals surface area contributed by atoms with Crippen LogP contribution in [-0.2, 0) is 37.2 Å². The number of aliphatic hydroxyl groups is 1. The number of aromatic nitrogens is 1. The van der Waals surface area contributed by atoms with Crippen LogP contribution in [0.4, 0.5) is 0 Å². The zero-order valence-electron chi connectivity index (χ0n) is 25.8. The van der Waals surface area contributed by atoms with Gasteiger partial charge in [0.2, 0.25) is 18.0 Å². The second-order valence-electron chi connectivity index (χ2n) is 13.0. The summed E-state index contributed by atoms with van der Waals surface area (Å²) < 4.78 is 11.2. The van der Waals surface area contributed by atoms with E-state index >= 15 is 0 Å². The fourth-order valence-electron chi connectivity index (χ4n) is 7.21. The van der Waals surface area contributed by atoms with Gasteiger partial charge < -0.3 is 40.6 Å². The standard InChI is InChI=1S/C34H40N4O6S/c1-6-19-15(2)24(37-32(19)42)11-22-16(3)20(7-8-29(39)40)25(35-22)13-26-21(9-10-34-33(43-34)44-34)17(4)23(36-26)12-27-30(28-14-45-28)18(5)31(41)38-27/h6,12-13,18,22,24,28,30,33,35-37,42H,1-2,7-11,14H2,3-5H3,(H,38,41)(H,39,40)/p+1/b25-13-,27-12-/t18-,22?,24-,28-,30-,33?,34?/m1/s1. The predicted octanol–water partition coefficient (Wildman–Crippen LogP) is 3.63. The van der Waals surface area contributed by atoms with Crippen LogP contribution in [0, 0.1) is 18.8 Å². The van der Waals surface area contributed by atoms with E-state index in [4.69, 9.17) is 9.47 Å². The van der Waals surface area contributed by atoms with Crippen LogP contribution in [0.3, 0.4) is 0 Å². The van der Waals surface area contributed by atoms with Crippen LogP contribution in [0.25, 0.3) is 12.2 Å². The minimum absolute atomic E-state index is 0.0159. The molecule has 0 aromatic carbocycles. The van der Waals surface area contributed by atoms with Crippen LogP contribution in [-0.4, -0.2) is 62.2 Å². The number of rotatable bonds is 12. The first-order valence-electron chi connectivity index (χ1n) is 15.7. The molecule has 1 aromatic heterocycles. The number of hydrogen-bond acceptors (Lipinski definition) is 7. The van der Waals surface area contributed by atoms with Gasteiger partial charge in [-0.3, -0.25) is 9.59 Å². The number of epoxide rings is 2. The maximum atomic E-state index is 12.6. The van der Waals surface area contributed by atoms with Gasteiger partial charge in [0, 0.05) is 53.2 Å².